The second-order valence-corrected chi connectivity index (χ2v) is 5.30. The molecule has 2 aromatic carbocycles. The lowest BCUT2D eigenvalue weighted by Crippen LogP contribution is -2.24. The Bertz CT molecular complexity index is 692. The van der Waals surface area contributed by atoms with Crippen LogP contribution in [0, 0.1) is 11.3 Å². The van der Waals surface area contributed by atoms with Crippen molar-refractivity contribution in [3.8, 4) is 17.6 Å². The summed E-state index contributed by atoms with van der Waals surface area (Å²) in [5.74, 6) is 0.845. The molecular weight excluding hydrogens is 292 g/mol. The van der Waals surface area contributed by atoms with E-state index in [0.717, 1.165) is 5.56 Å². The number of ether oxygens (including phenoxy) is 1. The zero-order valence-electron chi connectivity index (χ0n) is 13.2. The first kappa shape index (κ1) is 16.8. The Hall–Kier alpha value is -2.55. The van der Waals surface area contributed by atoms with Crippen molar-refractivity contribution in [2.24, 2.45) is 0 Å². The summed E-state index contributed by atoms with van der Waals surface area (Å²) < 4.78 is 5.16. The fraction of sp³-hybridized carbons (Fsp3) is 0.278. The lowest BCUT2D eigenvalue weighted by Gasteiger charge is -2.19. The molecule has 2 aromatic rings. The van der Waals surface area contributed by atoms with Gasteiger partial charge in [0.1, 0.15) is 11.5 Å². The standard InChI is InChI=1S/C18H20N2O3/c1-12(16-9-15(23-2)7-8-17(16)21)20-11-18(22)14-5-3-13(10-19)4-6-14/h3-9,12,18,20-22H,11H2,1-2H3. The van der Waals surface area contributed by atoms with Crippen LogP contribution >= 0.6 is 0 Å². The number of nitrogens with zero attached hydrogens (tertiary/aromatic N) is 1. The fourth-order valence-electron chi connectivity index (χ4n) is 2.30. The highest BCUT2D eigenvalue weighted by Gasteiger charge is 2.14. The summed E-state index contributed by atoms with van der Waals surface area (Å²) in [6, 6.07) is 13.8. The lowest BCUT2D eigenvalue weighted by atomic mass is 10.0. The number of hydrogen-bond acceptors (Lipinski definition) is 5. The van der Waals surface area contributed by atoms with Crippen LogP contribution in [0.5, 0.6) is 11.5 Å². The molecule has 0 bridgehead atoms. The van der Waals surface area contributed by atoms with Crippen LogP contribution in [0.1, 0.15) is 35.8 Å². The van der Waals surface area contributed by atoms with Crippen LogP contribution in [0.15, 0.2) is 42.5 Å². The number of hydrogen-bond donors (Lipinski definition) is 3. The second-order valence-electron chi connectivity index (χ2n) is 5.30. The largest absolute Gasteiger partial charge is 0.508 e. The first-order chi connectivity index (χ1) is 11.0. The number of aliphatic hydroxyl groups is 1. The van der Waals surface area contributed by atoms with Crippen molar-refractivity contribution in [2.75, 3.05) is 13.7 Å². The van der Waals surface area contributed by atoms with Crippen molar-refractivity contribution < 1.29 is 14.9 Å². The normalized spacial score (nSPS) is 13.1. The van der Waals surface area contributed by atoms with Gasteiger partial charge in [0.15, 0.2) is 0 Å². The number of rotatable bonds is 6. The molecule has 0 heterocycles. The van der Waals surface area contributed by atoms with Crippen LogP contribution < -0.4 is 10.1 Å². The molecule has 0 saturated heterocycles. The second kappa shape index (κ2) is 7.63. The number of nitrogens with one attached hydrogen (secondary N) is 1. The summed E-state index contributed by atoms with van der Waals surface area (Å²) >= 11 is 0. The monoisotopic (exact) mass is 312 g/mol. The molecule has 0 aromatic heterocycles. The molecule has 0 aliphatic heterocycles. The topological polar surface area (TPSA) is 85.5 Å². The summed E-state index contributed by atoms with van der Waals surface area (Å²) in [6.45, 7) is 2.23. The van der Waals surface area contributed by atoms with Crippen molar-refractivity contribution in [3.05, 3.63) is 59.2 Å². The predicted octanol–water partition coefficient (Wildman–Crippen LogP) is 2.66. The van der Waals surface area contributed by atoms with Crippen LogP contribution in [-0.4, -0.2) is 23.9 Å². The molecule has 0 amide bonds. The molecule has 23 heavy (non-hydrogen) atoms. The SMILES string of the molecule is COc1ccc(O)c(C(C)NCC(O)c2ccc(C#N)cc2)c1. The molecule has 5 nitrogen and oxygen atoms in total. The van der Waals surface area contributed by atoms with Crippen molar-refractivity contribution in [2.45, 2.75) is 19.1 Å². The molecule has 2 rings (SSSR count). The summed E-state index contributed by atoms with van der Waals surface area (Å²) in [5, 5.41) is 32.1. The number of methoxy groups -OCH3 is 1. The van der Waals surface area contributed by atoms with Gasteiger partial charge < -0.3 is 20.3 Å². The van der Waals surface area contributed by atoms with Gasteiger partial charge in [0.05, 0.1) is 24.8 Å². The Labute approximate surface area is 135 Å². The lowest BCUT2D eigenvalue weighted by molar-refractivity contribution is 0.170. The third kappa shape index (κ3) is 4.22. The Morgan fingerprint density at radius 1 is 1.22 bits per heavy atom. The maximum absolute atomic E-state index is 10.2. The van der Waals surface area contributed by atoms with Crippen LogP contribution in [0.4, 0.5) is 0 Å². The van der Waals surface area contributed by atoms with E-state index in [1.165, 1.54) is 0 Å². The van der Waals surface area contributed by atoms with Gasteiger partial charge in [-0.25, -0.2) is 0 Å². The number of nitriles is 1. The van der Waals surface area contributed by atoms with Crippen LogP contribution in [0.25, 0.3) is 0 Å². The van der Waals surface area contributed by atoms with Gasteiger partial charge >= 0.3 is 0 Å². The van der Waals surface area contributed by atoms with Gasteiger partial charge in [0, 0.05) is 18.2 Å². The van der Waals surface area contributed by atoms with Gasteiger partial charge in [0.2, 0.25) is 0 Å². The zero-order valence-corrected chi connectivity index (χ0v) is 13.2. The molecule has 0 radical (unpaired) electrons. The number of aromatic hydroxyl groups is 1. The minimum atomic E-state index is -0.696. The maximum Gasteiger partial charge on any atom is 0.120 e. The van der Waals surface area contributed by atoms with Gasteiger partial charge in [-0.05, 0) is 42.8 Å². The Morgan fingerprint density at radius 2 is 1.91 bits per heavy atom. The van der Waals surface area contributed by atoms with E-state index in [9.17, 15) is 10.2 Å². The minimum absolute atomic E-state index is 0.155. The third-order valence-electron chi connectivity index (χ3n) is 3.74. The smallest absolute Gasteiger partial charge is 0.120 e. The minimum Gasteiger partial charge on any atom is -0.508 e. The number of aliphatic hydroxyl groups excluding tert-OH is 1. The van der Waals surface area contributed by atoms with E-state index in [1.807, 2.05) is 13.0 Å². The van der Waals surface area contributed by atoms with E-state index in [2.05, 4.69) is 5.32 Å². The van der Waals surface area contributed by atoms with E-state index in [-0.39, 0.29) is 11.8 Å². The summed E-state index contributed by atoms with van der Waals surface area (Å²) in [4.78, 5) is 0. The highest BCUT2D eigenvalue weighted by atomic mass is 16.5. The molecule has 2 atom stereocenters. The van der Waals surface area contributed by atoms with Crippen LogP contribution in [-0.2, 0) is 0 Å². The average Bonchev–Trinajstić information content (AvgIpc) is 2.59. The highest BCUT2D eigenvalue weighted by Crippen LogP contribution is 2.28. The van der Waals surface area contributed by atoms with Gasteiger partial charge in [0.25, 0.3) is 0 Å². The van der Waals surface area contributed by atoms with Crippen molar-refractivity contribution in [3.63, 3.8) is 0 Å². The first-order valence-corrected chi connectivity index (χ1v) is 7.33. The van der Waals surface area contributed by atoms with Gasteiger partial charge in [-0.2, -0.15) is 5.26 Å². The molecule has 0 saturated carbocycles. The Kier molecular flexibility index (Phi) is 5.58. The summed E-state index contributed by atoms with van der Waals surface area (Å²) in [6.07, 6.45) is -0.696. The molecule has 3 N–H and O–H groups in total. The van der Waals surface area contributed by atoms with E-state index >= 15 is 0 Å². The molecule has 120 valence electrons. The molecule has 5 heteroatoms. The Balaban J connectivity index is 2.00. The van der Waals surface area contributed by atoms with Crippen molar-refractivity contribution in [1.82, 2.24) is 5.32 Å². The zero-order chi connectivity index (χ0) is 16.8. The predicted molar refractivity (Wildman–Crippen MR) is 87.2 cm³/mol. The van der Waals surface area contributed by atoms with Gasteiger partial charge in [-0.15, -0.1) is 0 Å². The van der Waals surface area contributed by atoms with E-state index in [1.54, 1.807) is 49.6 Å². The maximum atomic E-state index is 10.2. The quantitative estimate of drug-likeness (QED) is 0.763. The van der Waals surface area contributed by atoms with Gasteiger partial charge in [-0.3, -0.25) is 0 Å². The number of phenolic OH excluding ortho intramolecular Hbond substituents is 1. The number of benzene rings is 2. The van der Waals surface area contributed by atoms with Crippen LogP contribution in [0.3, 0.4) is 0 Å². The summed E-state index contributed by atoms with van der Waals surface area (Å²) in [7, 11) is 1.57. The van der Waals surface area contributed by atoms with E-state index in [4.69, 9.17) is 10.00 Å². The van der Waals surface area contributed by atoms with E-state index < -0.39 is 6.10 Å². The van der Waals surface area contributed by atoms with E-state index in [0.29, 0.717) is 23.4 Å². The first-order valence-electron chi connectivity index (χ1n) is 7.33. The highest BCUT2D eigenvalue weighted by molar-refractivity contribution is 5.41. The number of phenols is 1. The average molecular weight is 312 g/mol. The Morgan fingerprint density at radius 3 is 2.52 bits per heavy atom. The fourth-order valence-corrected chi connectivity index (χ4v) is 2.30. The van der Waals surface area contributed by atoms with Crippen molar-refractivity contribution >= 4 is 0 Å². The molecular formula is C18H20N2O3. The molecule has 0 aliphatic carbocycles. The summed E-state index contributed by atoms with van der Waals surface area (Å²) in [5.41, 5.74) is 2.00. The van der Waals surface area contributed by atoms with Crippen molar-refractivity contribution in [1.29, 1.82) is 5.26 Å². The van der Waals surface area contributed by atoms with Gasteiger partial charge in [-0.1, -0.05) is 12.1 Å². The molecule has 2 unspecified atom stereocenters. The third-order valence-corrected chi connectivity index (χ3v) is 3.74. The molecule has 0 fully saturated rings. The molecule has 0 aliphatic rings. The van der Waals surface area contributed by atoms with Crippen LogP contribution in [0.2, 0.25) is 0 Å². The molecule has 0 spiro atoms.